The number of nitro benzene ring substituents is 1. The summed E-state index contributed by atoms with van der Waals surface area (Å²) in [6, 6.07) is 3.49. The molecule has 0 bridgehead atoms. The van der Waals surface area contributed by atoms with Crippen LogP contribution in [-0.4, -0.2) is 10.9 Å². The quantitative estimate of drug-likeness (QED) is 0.348. The second-order valence-electron chi connectivity index (χ2n) is 3.26. The van der Waals surface area contributed by atoms with Crippen molar-refractivity contribution >= 4 is 24.1 Å². The van der Waals surface area contributed by atoms with Crippen molar-refractivity contribution in [1.82, 2.24) is 0 Å². The Hall–Kier alpha value is -1.66. The number of non-ortho nitro benzene ring substituents is 1. The summed E-state index contributed by atoms with van der Waals surface area (Å²) in [7, 11) is 0. The summed E-state index contributed by atoms with van der Waals surface area (Å²) in [4.78, 5) is 21.0. The molecule has 86 valence electrons. The molecule has 2 N–H and O–H groups in total. The molecule has 1 unspecified atom stereocenters. The summed E-state index contributed by atoms with van der Waals surface area (Å²) in [6.45, 7) is 0. The Kier molecular flexibility index (Phi) is 3.46. The SMILES string of the molecule is Cl.NC1CC(=O)Oc2ccc([N+](=O)[O-])cc21. The summed E-state index contributed by atoms with van der Waals surface area (Å²) in [5.74, 6) is -0.104. The Morgan fingerprint density at radius 2 is 2.19 bits per heavy atom. The first-order chi connectivity index (χ1) is 7.08. The number of hydrogen-bond acceptors (Lipinski definition) is 5. The van der Waals surface area contributed by atoms with E-state index in [4.69, 9.17) is 10.5 Å². The van der Waals surface area contributed by atoms with Gasteiger partial charge in [-0.25, -0.2) is 0 Å². The van der Waals surface area contributed by atoms with E-state index in [1.54, 1.807) is 0 Å². The fourth-order valence-electron chi connectivity index (χ4n) is 1.49. The molecule has 0 fully saturated rings. The van der Waals surface area contributed by atoms with Gasteiger partial charge in [0.05, 0.1) is 11.3 Å². The van der Waals surface area contributed by atoms with E-state index < -0.39 is 16.9 Å². The molecule has 1 aromatic rings. The third-order valence-corrected chi connectivity index (χ3v) is 2.21. The molecule has 7 heteroatoms. The predicted octanol–water partition coefficient (Wildman–Crippen LogP) is 1.33. The molecular weight excluding hydrogens is 236 g/mol. The van der Waals surface area contributed by atoms with Crippen molar-refractivity contribution in [2.75, 3.05) is 0 Å². The van der Waals surface area contributed by atoms with Gasteiger partial charge < -0.3 is 10.5 Å². The molecule has 1 heterocycles. The van der Waals surface area contributed by atoms with Gasteiger partial charge in [0, 0.05) is 23.7 Å². The molecule has 0 amide bonds. The van der Waals surface area contributed by atoms with E-state index >= 15 is 0 Å². The van der Waals surface area contributed by atoms with Crippen LogP contribution in [0.5, 0.6) is 5.75 Å². The van der Waals surface area contributed by atoms with E-state index in [0.29, 0.717) is 11.3 Å². The van der Waals surface area contributed by atoms with Crippen LogP contribution in [-0.2, 0) is 4.79 Å². The van der Waals surface area contributed by atoms with Crippen molar-refractivity contribution < 1.29 is 14.5 Å². The van der Waals surface area contributed by atoms with E-state index in [1.165, 1.54) is 18.2 Å². The molecule has 16 heavy (non-hydrogen) atoms. The van der Waals surface area contributed by atoms with Crippen molar-refractivity contribution in [1.29, 1.82) is 0 Å². The number of nitro groups is 1. The van der Waals surface area contributed by atoms with Crippen molar-refractivity contribution in [2.24, 2.45) is 5.73 Å². The summed E-state index contributed by atoms with van der Waals surface area (Å²) < 4.78 is 4.90. The van der Waals surface area contributed by atoms with Crippen molar-refractivity contribution in [3.63, 3.8) is 0 Å². The maximum atomic E-state index is 11.0. The Bertz CT molecular complexity index is 449. The van der Waals surface area contributed by atoms with E-state index in [-0.39, 0.29) is 24.5 Å². The van der Waals surface area contributed by atoms with Crippen LogP contribution in [0.3, 0.4) is 0 Å². The smallest absolute Gasteiger partial charge is 0.313 e. The van der Waals surface area contributed by atoms with Crippen LogP contribution in [0.1, 0.15) is 18.0 Å². The van der Waals surface area contributed by atoms with Crippen LogP contribution in [0.25, 0.3) is 0 Å². The topological polar surface area (TPSA) is 95.5 Å². The summed E-state index contributed by atoms with van der Waals surface area (Å²) >= 11 is 0. The highest BCUT2D eigenvalue weighted by Crippen LogP contribution is 2.33. The first-order valence-electron chi connectivity index (χ1n) is 4.32. The van der Waals surface area contributed by atoms with E-state index in [9.17, 15) is 14.9 Å². The number of rotatable bonds is 1. The van der Waals surface area contributed by atoms with Gasteiger partial charge >= 0.3 is 5.97 Å². The van der Waals surface area contributed by atoms with Gasteiger partial charge in [0.2, 0.25) is 0 Å². The van der Waals surface area contributed by atoms with Gasteiger partial charge in [0.15, 0.2) is 0 Å². The summed E-state index contributed by atoms with van der Waals surface area (Å²) in [5.41, 5.74) is 6.13. The number of nitrogens with two attached hydrogens (primary N) is 1. The lowest BCUT2D eigenvalue weighted by atomic mass is 10.0. The molecule has 0 aliphatic carbocycles. The first kappa shape index (κ1) is 12.4. The third-order valence-electron chi connectivity index (χ3n) is 2.21. The van der Waals surface area contributed by atoms with Gasteiger partial charge in [0.25, 0.3) is 5.69 Å². The minimum atomic E-state index is -0.527. The molecule has 0 radical (unpaired) electrons. The number of fused-ring (bicyclic) bond motifs is 1. The minimum Gasteiger partial charge on any atom is -0.426 e. The fraction of sp³-hybridized carbons (Fsp3) is 0.222. The Morgan fingerprint density at radius 3 is 2.81 bits per heavy atom. The molecule has 1 aliphatic heterocycles. The molecule has 0 spiro atoms. The van der Waals surface area contributed by atoms with Gasteiger partial charge in [0.1, 0.15) is 5.75 Å². The summed E-state index contributed by atoms with van der Waals surface area (Å²) in [5, 5.41) is 10.5. The molecule has 2 rings (SSSR count). The number of hydrogen-bond donors (Lipinski definition) is 1. The van der Waals surface area contributed by atoms with Crippen molar-refractivity contribution in [3.05, 3.63) is 33.9 Å². The highest BCUT2D eigenvalue weighted by Gasteiger charge is 2.26. The zero-order valence-electron chi connectivity index (χ0n) is 8.08. The first-order valence-corrected chi connectivity index (χ1v) is 4.32. The lowest BCUT2D eigenvalue weighted by molar-refractivity contribution is -0.385. The lowest BCUT2D eigenvalue weighted by Crippen LogP contribution is -2.25. The number of benzene rings is 1. The average molecular weight is 245 g/mol. The largest absolute Gasteiger partial charge is 0.426 e. The van der Waals surface area contributed by atoms with Crippen molar-refractivity contribution in [2.45, 2.75) is 12.5 Å². The number of esters is 1. The number of nitrogens with zero attached hydrogens (tertiary/aromatic N) is 1. The van der Waals surface area contributed by atoms with E-state index in [0.717, 1.165) is 0 Å². The summed E-state index contributed by atoms with van der Waals surface area (Å²) in [6.07, 6.45) is 0.0498. The predicted molar refractivity (Wildman–Crippen MR) is 57.5 cm³/mol. The second-order valence-corrected chi connectivity index (χ2v) is 3.26. The molecule has 0 saturated carbocycles. The molecule has 6 nitrogen and oxygen atoms in total. The molecule has 0 aromatic heterocycles. The number of ether oxygens (including phenoxy) is 1. The Labute approximate surface area is 96.9 Å². The van der Waals surface area contributed by atoms with Crippen LogP contribution >= 0.6 is 12.4 Å². The normalized spacial score (nSPS) is 18.1. The highest BCUT2D eigenvalue weighted by atomic mass is 35.5. The zero-order valence-corrected chi connectivity index (χ0v) is 8.90. The highest BCUT2D eigenvalue weighted by molar-refractivity contribution is 5.85. The van der Waals surface area contributed by atoms with Crippen LogP contribution < -0.4 is 10.5 Å². The maximum Gasteiger partial charge on any atom is 0.313 e. The lowest BCUT2D eigenvalue weighted by Gasteiger charge is -2.20. The van der Waals surface area contributed by atoms with Gasteiger partial charge in [-0.15, -0.1) is 12.4 Å². The van der Waals surface area contributed by atoms with E-state index in [2.05, 4.69) is 0 Å². The maximum absolute atomic E-state index is 11.0. The molecule has 1 atom stereocenters. The number of halogens is 1. The van der Waals surface area contributed by atoms with Gasteiger partial charge in [-0.05, 0) is 6.07 Å². The van der Waals surface area contributed by atoms with Crippen LogP contribution in [0.2, 0.25) is 0 Å². The Balaban J connectivity index is 0.00000128. The van der Waals surface area contributed by atoms with Crippen LogP contribution in [0, 0.1) is 10.1 Å². The second kappa shape index (κ2) is 4.46. The van der Waals surface area contributed by atoms with Gasteiger partial charge in [-0.3, -0.25) is 14.9 Å². The van der Waals surface area contributed by atoms with E-state index in [1.807, 2.05) is 0 Å². The fourth-order valence-corrected chi connectivity index (χ4v) is 1.49. The Morgan fingerprint density at radius 1 is 1.50 bits per heavy atom. The van der Waals surface area contributed by atoms with Crippen LogP contribution in [0.15, 0.2) is 18.2 Å². The van der Waals surface area contributed by atoms with Gasteiger partial charge in [-0.2, -0.15) is 0 Å². The number of carbonyl (C=O) groups excluding carboxylic acids is 1. The monoisotopic (exact) mass is 244 g/mol. The van der Waals surface area contributed by atoms with Gasteiger partial charge in [-0.1, -0.05) is 0 Å². The minimum absolute atomic E-state index is 0. The molecular formula is C9H9ClN2O4. The van der Waals surface area contributed by atoms with Crippen molar-refractivity contribution in [3.8, 4) is 5.75 Å². The molecule has 0 saturated heterocycles. The van der Waals surface area contributed by atoms with Crippen LogP contribution in [0.4, 0.5) is 5.69 Å². The number of carbonyl (C=O) groups is 1. The molecule has 1 aromatic carbocycles. The third kappa shape index (κ3) is 2.12. The zero-order chi connectivity index (χ0) is 11.0. The molecule has 1 aliphatic rings. The standard InChI is InChI=1S/C9H8N2O4.ClH/c10-7-4-9(12)15-8-2-1-5(11(13)14)3-6(7)8;/h1-3,7H,4,10H2;1H. The average Bonchev–Trinajstić information content (AvgIpc) is 2.16.